The molecule has 0 bridgehead atoms. The minimum atomic E-state index is -0.997. The smallest absolute Gasteiger partial charge is 0.257 e. The van der Waals surface area contributed by atoms with E-state index in [0.29, 0.717) is 29.3 Å². The Balaban J connectivity index is 1.96. The van der Waals surface area contributed by atoms with Crippen LogP contribution in [-0.4, -0.2) is 35.4 Å². The van der Waals surface area contributed by atoms with Crippen LogP contribution in [0.1, 0.15) is 34.7 Å². The molecule has 3 aromatic rings. The number of rotatable bonds is 7. The van der Waals surface area contributed by atoms with Gasteiger partial charge in [-0.1, -0.05) is 5.16 Å². The highest BCUT2D eigenvalue weighted by Gasteiger charge is 2.27. The Morgan fingerprint density at radius 1 is 1.18 bits per heavy atom. The zero-order valence-corrected chi connectivity index (χ0v) is 15.8. The fraction of sp³-hybridized carbons (Fsp3) is 0.250. The number of carbonyl (C=O) groups is 1. The monoisotopic (exact) mass is 383 g/mol. The third-order valence-electron chi connectivity index (χ3n) is 4.18. The van der Waals surface area contributed by atoms with Gasteiger partial charge in [0, 0.05) is 24.5 Å². The van der Waals surface area contributed by atoms with E-state index in [1.165, 1.54) is 21.1 Å². The van der Waals surface area contributed by atoms with Gasteiger partial charge in [-0.25, -0.2) is 0 Å². The number of aromatic nitrogens is 2. The number of nitrogens with zero attached hydrogens (tertiary/aromatic N) is 2. The summed E-state index contributed by atoms with van der Waals surface area (Å²) in [6.07, 6.45) is 2.30. The van der Waals surface area contributed by atoms with Gasteiger partial charge >= 0.3 is 0 Å². The summed E-state index contributed by atoms with van der Waals surface area (Å²) in [6, 6.07) is 8.76. The molecule has 0 saturated carbocycles. The van der Waals surface area contributed by atoms with Crippen molar-refractivity contribution >= 4 is 5.91 Å². The van der Waals surface area contributed by atoms with Crippen molar-refractivity contribution in [3.05, 3.63) is 59.6 Å². The molecule has 0 aliphatic heterocycles. The molecule has 0 aliphatic rings. The molecule has 0 radical (unpaired) electrons. The summed E-state index contributed by atoms with van der Waals surface area (Å²) >= 11 is 0. The summed E-state index contributed by atoms with van der Waals surface area (Å²) in [5, 5.41) is 16.9. The second-order valence-corrected chi connectivity index (χ2v) is 6.05. The number of amides is 1. The number of hydrogen-bond acceptors (Lipinski definition) is 7. The van der Waals surface area contributed by atoms with Gasteiger partial charge in [0.15, 0.2) is 17.3 Å². The van der Waals surface area contributed by atoms with Crippen LogP contribution in [0.25, 0.3) is 11.3 Å². The van der Waals surface area contributed by atoms with E-state index < -0.39 is 12.0 Å². The van der Waals surface area contributed by atoms with Crippen LogP contribution in [0.15, 0.2) is 47.2 Å². The maximum atomic E-state index is 12.9. The molecule has 0 spiro atoms. The number of aliphatic hydroxyl groups excluding tert-OH is 1. The van der Waals surface area contributed by atoms with Crippen molar-refractivity contribution in [1.29, 1.82) is 0 Å². The van der Waals surface area contributed by atoms with E-state index in [9.17, 15) is 9.90 Å². The van der Waals surface area contributed by atoms with Gasteiger partial charge in [-0.15, -0.1) is 0 Å². The van der Waals surface area contributed by atoms with Gasteiger partial charge in [-0.05, 0) is 42.8 Å². The lowest BCUT2D eigenvalue weighted by molar-refractivity contribution is 0.0938. The summed E-state index contributed by atoms with van der Waals surface area (Å²) in [7, 11) is 3.06. The van der Waals surface area contributed by atoms with Gasteiger partial charge in [-0.2, -0.15) is 0 Å². The van der Waals surface area contributed by atoms with Crippen LogP contribution in [0.4, 0.5) is 0 Å². The van der Waals surface area contributed by atoms with Crippen molar-refractivity contribution in [3.8, 4) is 22.8 Å². The molecule has 0 unspecified atom stereocenters. The van der Waals surface area contributed by atoms with Crippen molar-refractivity contribution in [1.82, 2.24) is 15.5 Å². The third-order valence-corrected chi connectivity index (χ3v) is 4.18. The largest absolute Gasteiger partial charge is 0.493 e. The van der Waals surface area contributed by atoms with Gasteiger partial charge in [0.2, 0.25) is 0 Å². The molecule has 0 saturated heterocycles. The number of nitrogens with one attached hydrogen (secondary N) is 1. The minimum absolute atomic E-state index is 0.0945. The van der Waals surface area contributed by atoms with E-state index in [2.05, 4.69) is 15.5 Å². The van der Waals surface area contributed by atoms with E-state index in [4.69, 9.17) is 14.0 Å². The molecular formula is C20H21N3O5. The highest BCUT2D eigenvalue weighted by molar-refractivity contribution is 6.01. The molecule has 3 rings (SSSR count). The van der Waals surface area contributed by atoms with Gasteiger partial charge < -0.3 is 24.4 Å². The van der Waals surface area contributed by atoms with E-state index in [1.807, 2.05) is 0 Å². The Labute approximate surface area is 162 Å². The van der Waals surface area contributed by atoms with Crippen LogP contribution >= 0.6 is 0 Å². The lowest BCUT2D eigenvalue weighted by atomic mass is 10.0. The zero-order chi connectivity index (χ0) is 20.1. The molecule has 1 aromatic carbocycles. The second kappa shape index (κ2) is 8.53. The van der Waals surface area contributed by atoms with Gasteiger partial charge in [0.25, 0.3) is 5.91 Å². The van der Waals surface area contributed by atoms with Gasteiger partial charge in [0.1, 0.15) is 17.4 Å². The topological polar surface area (TPSA) is 107 Å². The van der Waals surface area contributed by atoms with Gasteiger partial charge in [0.05, 0.1) is 14.2 Å². The molecule has 1 atom stereocenters. The van der Waals surface area contributed by atoms with Crippen LogP contribution < -0.4 is 14.8 Å². The Morgan fingerprint density at radius 2 is 1.89 bits per heavy atom. The summed E-state index contributed by atoms with van der Waals surface area (Å²) in [5.74, 6) is 0.731. The lowest BCUT2D eigenvalue weighted by Crippen LogP contribution is -2.24. The molecule has 1 amide bonds. The first kappa shape index (κ1) is 19.4. The molecule has 146 valence electrons. The van der Waals surface area contributed by atoms with Crippen molar-refractivity contribution in [2.45, 2.75) is 19.6 Å². The predicted molar refractivity (Wildman–Crippen MR) is 101 cm³/mol. The van der Waals surface area contributed by atoms with Gasteiger partial charge in [-0.3, -0.25) is 9.78 Å². The highest BCUT2D eigenvalue weighted by atomic mass is 16.5. The number of benzene rings is 1. The quantitative estimate of drug-likeness (QED) is 0.646. The van der Waals surface area contributed by atoms with Crippen molar-refractivity contribution in [2.75, 3.05) is 14.2 Å². The van der Waals surface area contributed by atoms with Crippen LogP contribution in [0, 0.1) is 0 Å². The number of aliphatic hydroxyl groups is 1. The maximum Gasteiger partial charge on any atom is 0.257 e. The molecule has 0 fully saturated rings. The molecule has 8 heteroatoms. The average Bonchev–Trinajstić information content (AvgIpc) is 3.17. The summed E-state index contributed by atoms with van der Waals surface area (Å²) < 4.78 is 15.8. The lowest BCUT2D eigenvalue weighted by Gasteiger charge is -2.10. The predicted octanol–water partition coefficient (Wildman–Crippen LogP) is 2.74. The Morgan fingerprint density at radius 3 is 2.54 bits per heavy atom. The SMILES string of the molecule is COc1ccc(-c2noc([C@H](C)O)c2C(=O)NCc2ccncc2)cc1OC. The molecule has 8 nitrogen and oxygen atoms in total. The molecule has 2 aromatic heterocycles. The number of carbonyl (C=O) groups excluding carboxylic acids is 1. The van der Waals surface area contributed by atoms with Crippen LogP contribution in [0.3, 0.4) is 0 Å². The van der Waals surface area contributed by atoms with E-state index in [-0.39, 0.29) is 11.3 Å². The second-order valence-electron chi connectivity index (χ2n) is 6.05. The van der Waals surface area contributed by atoms with Crippen LogP contribution in [0.5, 0.6) is 11.5 Å². The minimum Gasteiger partial charge on any atom is -0.493 e. The van der Waals surface area contributed by atoms with E-state index in [0.717, 1.165) is 5.56 Å². The molecule has 0 aliphatic carbocycles. The fourth-order valence-electron chi connectivity index (χ4n) is 2.76. The molecular weight excluding hydrogens is 362 g/mol. The third kappa shape index (κ3) is 3.96. The number of pyridine rings is 1. The maximum absolute atomic E-state index is 12.9. The Bertz CT molecular complexity index is 954. The van der Waals surface area contributed by atoms with Crippen LogP contribution in [-0.2, 0) is 6.54 Å². The van der Waals surface area contributed by atoms with Crippen LogP contribution in [0.2, 0.25) is 0 Å². The number of ether oxygens (including phenoxy) is 2. The number of hydrogen-bond donors (Lipinski definition) is 2. The normalized spacial score (nSPS) is 11.7. The Kier molecular flexibility index (Phi) is 5.90. The Hall–Kier alpha value is -3.39. The molecule has 2 heterocycles. The summed E-state index contributed by atoms with van der Waals surface area (Å²) in [4.78, 5) is 16.8. The zero-order valence-electron chi connectivity index (χ0n) is 15.8. The van der Waals surface area contributed by atoms with Crippen molar-refractivity contribution in [2.24, 2.45) is 0 Å². The molecule has 28 heavy (non-hydrogen) atoms. The van der Waals surface area contributed by atoms with E-state index >= 15 is 0 Å². The molecule has 2 N–H and O–H groups in total. The van der Waals surface area contributed by atoms with Crippen molar-refractivity contribution < 1.29 is 23.9 Å². The average molecular weight is 383 g/mol. The summed E-state index contributed by atoms with van der Waals surface area (Å²) in [6.45, 7) is 1.82. The fourth-order valence-corrected chi connectivity index (χ4v) is 2.76. The van der Waals surface area contributed by atoms with E-state index in [1.54, 1.807) is 42.7 Å². The van der Waals surface area contributed by atoms with Crippen molar-refractivity contribution in [3.63, 3.8) is 0 Å². The highest BCUT2D eigenvalue weighted by Crippen LogP contribution is 2.35. The first-order valence-corrected chi connectivity index (χ1v) is 8.62. The first-order valence-electron chi connectivity index (χ1n) is 8.62. The number of methoxy groups -OCH3 is 2. The summed E-state index contributed by atoms with van der Waals surface area (Å²) in [5.41, 5.74) is 1.98. The standard InChI is InChI=1S/C20H21N3O5/c1-12(24)19-17(20(25)22-11-13-6-8-21-9-7-13)18(23-28-19)14-4-5-15(26-2)16(10-14)27-3/h4-10,12,24H,11H2,1-3H3,(H,22,25)/t12-/m0/s1. The first-order chi connectivity index (χ1) is 13.5.